The summed E-state index contributed by atoms with van der Waals surface area (Å²) in [4.78, 5) is 0. The van der Waals surface area contributed by atoms with Crippen molar-refractivity contribution >= 4 is 0 Å². The highest BCUT2D eigenvalue weighted by Crippen LogP contribution is 2.16. The summed E-state index contributed by atoms with van der Waals surface area (Å²) in [6.07, 6.45) is 62.8. The minimum Gasteiger partial charge on any atom is -0.317 e. The van der Waals surface area contributed by atoms with Gasteiger partial charge in [-0.15, -0.1) is 0 Å². The van der Waals surface area contributed by atoms with Crippen LogP contribution in [0, 0.1) is 0 Å². The molecule has 4 heteroatoms. The maximum absolute atomic E-state index is 10.1. The zero-order chi connectivity index (χ0) is 40.2. The number of hydrogen-bond donors (Lipinski definition) is 3. The van der Waals surface area contributed by atoms with E-state index < -0.39 is 0 Å². The number of nitrogens with one attached hydrogen (secondary N) is 1. The summed E-state index contributed by atoms with van der Waals surface area (Å²) in [6.45, 7) is 9.36. The molecule has 0 aliphatic rings. The normalized spacial score (nSPS) is 11.5. The van der Waals surface area contributed by atoms with Gasteiger partial charge >= 0.3 is 0 Å². The van der Waals surface area contributed by atoms with Crippen molar-refractivity contribution in [1.29, 1.82) is 0 Å². The van der Waals surface area contributed by atoms with E-state index in [2.05, 4.69) is 26.3 Å². The molecule has 0 unspecified atom stereocenters. The molecule has 0 aromatic heterocycles. The van der Waals surface area contributed by atoms with Gasteiger partial charge < -0.3 is 10.4 Å². The Balaban J connectivity index is 0. The maximum atomic E-state index is 10.1. The lowest BCUT2D eigenvalue weighted by atomic mass is 10.0. The second-order valence-electron chi connectivity index (χ2n) is 17.7. The second kappa shape index (κ2) is 55.9. The van der Waals surface area contributed by atoms with Crippen molar-refractivity contribution in [3.8, 4) is 0 Å². The Labute approximate surface area is 349 Å². The molecular weight excluding hydrogens is 673 g/mol. The minimum atomic E-state index is 0.748. The summed E-state index contributed by atoms with van der Waals surface area (Å²) in [7, 11) is 0. The molecule has 0 aliphatic heterocycles. The molecule has 0 atom stereocenters. The first kappa shape index (κ1) is 56.9. The van der Waals surface area contributed by atoms with E-state index in [1.54, 1.807) is 5.06 Å². The van der Waals surface area contributed by atoms with Gasteiger partial charge in [0.2, 0.25) is 0 Å². The molecule has 0 radical (unpaired) electrons. The number of hydrogen-bond acceptors (Lipinski definition) is 4. The van der Waals surface area contributed by atoms with Crippen molar-refractivity contribution in [3.05, 3.63) is 0 Å². The van der Waals surface area contributed by atoms with Crippen LogP contribution in [-0.2, 0) is 0 Å². The molecule has 3 N–H and O–H groups in total. The molecule has 0 saturated carbocycles. The van der Waals surface area contributed by atoms with E-state index in [1.165, 1.54) is 270 Å². The summed E-state index contributed by atoms with van der Waals surface area (Å²) in [6, 6.07) is 0. The number of rotatable bonds is 48. The van der Waals surface area contributed by atoms with Crippen LogP contribution in [0.15, 0.2) is 0 Å². The summed E-state index contributed by atoms with van der Waals surface area (Å²) >= 11 is 0. The van der Waals surface area contributed by atoms with Gasteiger partial charge in [0.25, 0.3) is 0 Å². The third kappa shape index (κ3) is 58.2. The molecular formula is C51H108N2O2. The van der Waals surface area contributed by atoms with Crippen LogP contribution >= 0.6 is 0 Å². The highest BCUT2D eigenvalue weighted by atomic mass is 16.5. The Morgan fingerprint density at radius 3 is 0.600 bits per heavy atom. The molecule has 0 heterocycles. The molecule has 55 heavy (non-hydrogen) atoms. The Hall–Kier alpha value is -0.160. The fourth-order valence-corrected chi connectivity index (χ4v) is 8.02. The summed E-state index contributed by atoms with van der Waals surface area (Å²) in [5.41, 5.74) is 2.21. The van der Waals surface area contributed by atoms with E-state index in [-0.39, 0.29) is 0 Å². The first-order valence-corrected chi connectivity index (χ1v) is 26.0. The fraction of sp³-hybridized carbons (Fsp3) is 1.00. The van der Waals surface area contributed by atoms with Gasteiger partial charge in [-0.2, -0.15) is 5.06 Å². The van der Waals surface area contributed by atoms with Gasteiger partial charge in [0.15, 0.2) is 0 Å². The lowest BCUT2D eigenvalue weighted by molar-refractivity contribution is -0.0925. The predicted octanol–water partition coefficient (Wildman–Crippen LogP) is 18.3. The van der Waals surface area contributed by atoms with Crippen LogP contribution in [0.2, 0.25) is 0 Å². The summed E-state index contributed by atoms with van der Waals surface area (Å²) in [5, 5.41) is 20.1. The van der Waals surface area contributed by atoms with Crippen LogP contribution < -0.4 is 5.48 Å². The quantitative estimate of drug-likeness (QED) is 0.0425. The van der Waals surface area contributed by atoms with E-state index in [4.69, 9.17) is 5.21 Å². The highest BCUT2D eigenvalue weighted by Gasteiger charge is 2.01. The van der Waals surface area contributed by atoms with Crippen LogP contribution in [0.5, 0.6) is 0 Å². The van der Waals surface area contributed by atoms with Gasteiger partial charge in [-0.3, -0.25) is 0 Å². The zero-order valence-corrected chi connectivity index (χ0v) is 38.8. The van der Waals surface area contributed by atoms with E-state index >= 15 is 0 Å². The first-order chi connectivity index (χ1) is 27.2. The fourth-order valence-electron chi connectivity index (χ4n) is 8.02. The maximum Gasteiger partial charge on any atom is 0.0238 e. The van der Waals surface area contributed by atoms with Crippen LogP contribution in [0.25, 0.3) is 0 Å². The average Bonchev–Trinajstić information content (AvgIpc) is 3.19. The Bertz CT molecular complexity index is 602. The SMILES string of the molecule is CCCCCCCCCCCCCCCCCCN(O)CCCCCCCCCCCCCCCCC.CCCCCCCCCCCCCCCCNO. The van der Waals surface area contributed by atoms with Gasteiger partial charge in [0.1, 0.15) is 0 Å². The molecule has 0 spiro atoms. The third-order valence-electron chi connectivity index (χ3n) is 11.9. The summed E-state index contributed by atoms with van der Waals surface area (Å²) < 4.78 is 0. The van der Waals surface area contributed by atoms with Crippen molar-refractivity contribution < 1.29 is 10.4 Å². The minimum absolute atomic E-state index is 0.748. The highest BCUT2D eigenvalue weighted by molar-refractivity contribution is 4.54. The van der Waals surface area contributed by atoms with Crippen molar-refractivity contribution in [2.24, 2.45) is 0 Å². The van der Waals surface area contributed by atoms with Gasteiger partial charge in [0, 0.05) is 19.6 Å². The Morgan fingerprint density at radius 2 is 0.418 bits per heavy atom. The second-order valence-corrected chi connectivity index (χ2v) is 17.7. The van der Waals surface area contributed by atoms with E-state index in [1.807, 2.05) is 0 Å². The van der Waals surface area contributed by atoms with Crippen LogP contribution in [0.3, 0.4) is 0 Å². The standard InChI is InChI=1S/C35H73NO.C16H35NO/c1-3-5-7-9-11-13-15-17-19-21-23-25-27-29-31-33-35-36(37)34-32-30-28-26-24-22-20-18-16-14-12-10-8-6-4-2;1-2-3-4-5-6-7-8-9-10-11-12-13-14-15-16-17-18/h37H,3-35H2,1-2H3;17-18H,2-16H2,1H3. The smallest absolute Gasteiger partial charge is 0.0238 e. The molecule has 0 rings (SSSR count). The summed E-state index contributed by atoms with van der Waals surface area (Å²) in [5.74, 6) is 0. The lowest BCUT2D eigenvalue weighted by Crippen LogP contribution is -2.21. The monoisotopic (exact) mass is 781 g/mol. The van der Waals surface area contributed by atoms with Gasteiger partial charge in [0.05, 0.1) is 0 Å². The number of nitrogens with zero attached hydrogens (tertiary/aromatic N) is 1. The van der Waals surface area contributed by atoms with E-state index in [9.17, 15) is 5.21 Å². The van der Waals surface area contributed by atoms with Crippen LogP contribution in [0.1, 0.15) is 310 Å². The Kier molecular flexibility index (Phi) is 57.9. The third-order valence-corrected chi connectivity index (χ3v) is 11.9. The first-order valence-electron chi connectivity index (χ1n) is 26.0. The molecule has 0 bridgehead atoms. The molecule has 0 aromatic carbocycles. The van der Waals surface area contributed by atoms with Crippen molar-refractivity contribution in [1.82, 2.24) is 10.5 Å². The molecule has 0 fully saturated rings. The van der Waals surface area contributed by atoms with Gasteiger partial charge in [-0.25, -0.2) is 5.48 Å². The predicted molar refractivity (Wildman–Crippen MR) is 248 cm³/mol. The molecule has 4 nitrogen and oxygen atoms in total. The van der Waals surface area contributed by atoms with Crippen molar-refractivity contribution in [2.75, 3.05) is 19.6 Å². The largest absolute Gasteiger partial charge is 0.317 e. The Morgan fingerprint density at radius 1 is 0.255 bits per heavy atom. The van der Waals surface area contributed by atoms with Crippen LogP contribution in [0.4, 0.5) is 0 Å². The van der Waals surface area contributed by atoms with E-state index in [0.29, 0.717) is 0 Å². The van der Waals surface area contributed by atoms with Crippen molar-refractivity contribution in [3.63, 3.8) is 0 Å². The van der Waals surface area contributed by atoms with Gasteiger partial charge in [-0.05, 0) is 19.3 Å². The molecule has 0 aromatic rings. The lowest BCUT2D eigenvalue weighted by Gasteiger charge is -2.14. The molecule has 334 valence electrons. The molecule has 0 amide bonds. The zero-order valence-electron chi connectivity index (χ0n) is 38.8. The number of unbranched alkanes of at least 4 members (excludes halogenated alkanes) is 42. The number of hydroxylamine groups is 3. The van der Waals surface area contributed by atoms with E-state index in [0.717, 1.165) is 38.9 Å². The average molecular weight is 781 g/mol. The topological polar surface area (TPSA) is 55.7 Å². The molecule has 0 aliphatic carbocycles. The molecule has 0 saturated heterocycles. The van der Waals surface area contributed by atoms with Crippen LogP contribution in [-0.4, -0.2) is 35.1 Å². The van der Waals surface area contributed by atoms with Gasteiger partial charge in [-0.1, -0.05) is 290 Å². The van der Waals surface area contributed by atoms with Crippen molar-refractivity contribution in [2.45, 2.75) is 310 Å².